The van der Waals surface area contributed by atoms with Crippen molar-refractivity contribution in [1.29, 1.82) is 0 Å². The number of hydrogen-bond acceptors (Lipinski definition) is 2. The minimum Gasteiger partial charge on any atom is -0.459 e. The summed E-state index contributed by atoms with van der Waals surface area (Å²) in [6.45, 7) is 11.7. The summed E-state index contributed by atoms with van der Waals surface area (Å²) in [5.74, 6) is 8.65. The Labute approximate surface area is 166 Å². The van der Waals surface area contributed by atoms with Crippen LogP contribution in [0.2, 0.25) is 0 Å². The van der Waals surface area contributed by atoms with Gasteiger partial charge in [-0.2, -0.15) is 0 Å². The molecular formula is C25H40O2. The fraction of sp³-hybridized carbons (Fsp3) is 0.960. The Hall–Kier alpha value is -0.530. The van der Waals surface area contributed by atoms with Crippen LogP contribution < -0.4 is 0 Å². The molecule has 0 radical (unpaired) electrons. The highest BCUT2D eigenvalue weighted by atomic mass is 16.6. The van der Waals surface area contributed by atoms with E-state index in [0.717, 1.165) is 53.8 Å². The van der Waals surface area contributed by atoms with Gasteiger partial charge in [0.25, 0.3) is 0 Å². The molecule has 9 unspecified atom stereocenters. The van der Waals surface area contributed by atoms with Gasteiger partial charge in [0.1, 0.15) is 5.60 Å². The van der Waals surface area contributed by atoms with Crippen LogP contribution in [-0.2, 0) is 9.53 Å². The number of hydrogen-bond donors (Lipinski definition) is 0. The second-order valence-corrected chi connectivity index (χ2v) is 11.9. The van der Waals surface area contributed by atoms with Gasteiger partial charge < -0.3 is 4.74 Å². The minimum absolute atomic E-state index is 0.160. The van der Waals surface area contributed by atoms with Crippen LogP contribution in [0.1, 0.15) is 79.6 Å². The zero-order valence-electron chi connectivity index (χ0n) is 18.1. The first-order chi connectivity index (χ1) is 12.8. The molecule has 4 bridgehead atoms. The molecule has 9 atom stereocenters. The van der Waals surface area contributed by atoms with Gasteiger partial charge in [-0.15, -0.1) is 0 Å². The van der Waals surface area contributed by atoms with E-state index >= 15 is 0 Å². The third-order valence-corrected chi connectivity index (χ3v) is 10.5. The Balaban J connectivity index is 1.26. The summed E-state index contributed by atoms with van der Waals surface area (Å²) in [5, 5.41) is 0. The Morgan fingerprint density at radius 3 is 2.11 bits per heavy atom. The van der Waals surface area contributed by atoms with Gasteiger partial charge in [0.2, 0.25) is 0 Å². The van der Waals surface area contributed by atoms with Gasteiger partial charge in [-0.3, -0.25) is 4.79 Å². The number of esters is 1. The summed E-state index contributed by atoms with van der Waals surface area (Å²) < 4.78 is 6.29. The molecule has 0 spiro atoms. The van der Waals surface area contributed by atoms with Gasteiger partial charge in [0, 0.05) is 0 Å². The van der Waals surface area contributed by atoms with Crippen molar-refractivity contribution in [3.8, 4) is 0 Å². The SMILES string of the molecule is CC1CCC(C(C)(C)OC(=O)C2CC3CC2C2C4CC(C(C)C4C)C32)CC1. The van der Waals surface area contributed by atoms with Crippen LogP contribution in [0, 0.1) is 65.1 Å². The number of ether oxygens (including phenoxy) is 1. The minimum atomic E-state index is -0.283. The van der Waals surface area contributed by atoms with Crippen molar-refractivity contribution in [2.75, 3.05) is 0 Å². The fourth-order valence-corrected chi connectivity index (χ4v) is 8.87. The molecule has 0 aromatic carbocycles. The number of fused-ring (bicyclic) bond motifs is 9. The van der Waals surface area contributed by atoms with Gasteiger partial charge in [-0.25, -0.2) is 0 Å². The zero-order valence-corrected chi connectivity index (χ0v) is 18.1. The first-order valence-corrected chi connectivity index (χ1v) is 12.0. The van der Waals surface area contributed by atoms with Crippen LogP contribution in [0.3, 0.4) is 0 Å². The van der Waals surface area contributed by atoms with E-state index in [1.807, 2.05) is 0 Å². The molecule has 0 N–H and O–H groups in total. The lowest BCUT2D eigenvalue weighted by atomic mass is 9.62. The van der Waals surface area contributed by atoms with Crippen molar-refractivity contribution in [2.45, 2.75) is 85.2 Å². The molecule has 0 aliphatic heterocycles. The van der Waals surface area contributed by atoms with Crippen molar-refractivity contribution < 1.29 is 9.53 Å². The predicted molar refractivity (Wildman–Crippen MR) is 108 cm³/mol. The van der Waals surface area contributed by atoms with Crippen molar-refractivity contribution in [1.82, 2.24) is 0 Å². The lowest BCUT2D eigenvalue weighted by molar-refractivity contribution is -0.172. The lowest BCUT2D eigenvalue weighted by Gasteiger charge is -2.44. The lowest BCUT2D eigenvalue weighted by Crippen LogP contribution is -2.44. The van der Waals surface area contributed by atoms with Gasteiger partial charge >= 0.3 is 5.97 Å². The van der Waals surface area contributed by atoms with E-state index < -0.39 is 0 Å². The zero-order chi connectivity index (χ0) is 19.1. The normalized spacial score (nSPS) is 53.6. The number of carbonyl (C=O) groups excluding carboxylic acids is 1. The average molecular weight is 373 g/mol. The molecule has 5 aliphatic carbocycles. The van der Waals surface area contributed by atoms with Crippen LogP contribution in [0.4, 0.5) is 0 Å². The van der Waals surface area contributed by atoms with Crippen molar-refractivity contribution >= 4 is 5.97 Å². The van der Waals surface area contributed by atoms with E-state index in [9.17, 15) is 4.79 Å². The van der Waals surface area contributed by atoms with Gasteiger partial charge in [0.05, 0.1) is 5.92 Å². The van der Waals surface area contributed by atoms with Crippen LogP contribution in [0.5, 0.6) is 0 Å². The van der Waals surface area contributed by atoms with E-state index in [1.54, 1.807) is 0 Å². The first-order valence-electron chi connectivity index (χ1n) is 12.0. The molecule has 0 heterocycles. The first kappa shape index (κ1) is 18.5. The summed E-state index contributed by atoms with van der Waals surface area (Å²) in [6, 6.07) is 0. The molecule has 5 aliphatic rings. The smallest absolute Gasteiger partial charge is 0.309 e. The Morgan fingerprint density at radius 2 is 1.44 bits per heavy atom. The second-order valence-electron chi connectivity index (χ2n) is 11.9. The van der Waals surface area contributed by atoms with Crippen LogP contribution in [0.25, 0.3) is 0 Å². The molecule has 0 saturated heterocycles. The van der Waals surface area contributed by atoms with Crippen molar-refractivity contribution in [3.63, 3.8) is 0 Å². The maximum atomic E-state index is 13.3. The number of rotatable bonds is 3. The van der Waals surface area contributed by atoms with Gasteiger partial charge in [-0.1, -0.05) is 33.6 Å². The Kier molecular flexibility index (Phi) is 4.27. The van der Waals surface area contributed by atoms with Gasteiger partial charge in [0.15, 0.2) is 0 Å². The maximum Gasteiger partial charge on any atom is 0.309 e. The molecule has 0 aromatic rings. The van der Waals surface area contributed by atoms with E-state index in [2.05, 4.69) is 34.6 Å². The van der Waals surface area contributed by atoms with E-state index in [4.69, 9.17) is 4.74 Å². The molecule has 0 aromatic heterocycles. The predicted octanol–water partition coefficient (Wildman–Crippen LogP) is 5.94. The summed E-state index contributed by atoms with van der Waals surface area (Å²) in [4.78, 5) is 13.3. The summed E-state index contributed by atoms with van der Waals surface area (Å²) >= 11 is 0. The maximum absolute atomic E-state index is 13.3. The van der Waals surface area contributed by atoms with E-state index in [-0.39, 0.29) is 17.5 Å². The van der Waals surface area contributed by atoms with E-state index in [1.165, 1.54) is 38.5 Å². The Bertz CT molecular complexity index is 601. The summed E-state index contributed by atoms with van der Waals surface area (Å²) in [7, 11) is 0. The quantitative estimate of drug-likeness (QED) is 0.452. The third-order valence-electron chi connectivity index (χ3n) is 10.5. The standard InChI is InChI=1S/C25H40O2/c1-13-6-8-17(9-7-13)25(4,5)27-24(26)21-11-16-10-20(21)23-19-12-18(22(16)23)14(2)15(19)3/h13-23H,6-12H2,1-5H3. The largest absolute Gasteiger partial charge is 0.459 e. The molecule has 0 amide bonds. The van der Waals surface area contributed by atoms with Crippen molar-refractivity contribution in [3.05, 3.63) is 0 Å². The molecular weight excluding hydrogens is 332 g/mol. The molecule has 152 valence electrons. The van der Waals surface area contributed by atoms with Crippen LogP contribution in [-0.4, -0.2) is 11.6 Å². The Morgan fingerprint density at radius 1 is 0.815 bits per heavy atom. The summed E-state index contributed by atoms with van der Waals surface area (Å²) in [5.41, 5.74) is -0.283. The highest BCUT2D eigenvalue weighted by Gasteiger charge is 2.67. The molecule has 5 fully saturated rings. The third kappa shape index (κ3) is 2.67. The second kappa shape index (κ2) is 6.23. The topological polar surface area (TPSA) is 26.3 Å². The fourth-order valence-electron chi connectivity index (χ4n) is 8.87. The summed E-state index contributed by atoms with van der Waals surface area (Å²) in [6.07, 6.45) is 8.95. The van der Waals surface area contributed by atoms with Crippen LogP contribution in [0.15, 0.2) is 0 Å². The average Bonchev–Trinajstić information content (AvgIpc) is 3.35. The van der Waals surface area contributed by atoms with E-state index in [0.29, 0.717) is 11.8 Å². The molecule has 5 saturated carbocycles. The van der Waals surface area contributed by atoms with Crippen LogP contribution >= 0.6 is 0 Å². The molecule has 27 heavy (non-hydrogen) atoms. The highest BCUT2D eigenvalue weighted by molar-refractivity contribution is 5.74. The monoisotopic (exact) mass is 372 g/mol. The molecule has 5 rings (SSSR count). The highest BCUT2D eigenvalue weighted by Crippen LogP contribution is 2.71. The number of carbonyl (C=O) groups is 1. The van der Waals surface area contributed by atoms with Gasteiger partial charge in [-0.05, 0) is 105 Å². The van der Waals surface area contributed by atoms with Crippen molar-refractivity contribution in [2.24, 2.45) is 65.1 Å². The molecule has 2 nitrogen and oxygen atoms in total. The molecule has 2 heteroatoms.